The third kappa shape index (κ3) is 5.34. The fraction of sp³-hybridized carbons (Fsp3) is 0.286. The molecule has 5 rings (SSSR count). The molecule has 1 aromatic carbocycles. The molecule has 0 aliphatic carbocycles. The lowest BCUT2D eigenvalue weighted by Crippen LogP contribution is -2.49. The quantitative estimate of drug-likeness (QED) is 0.380. The first kappa shape index (κ1) is 24.2. The average molecular weight is 499 g/mol. The largest absolute Gasteiger partial charge is 0.354 e. The summed E-state index contributed by atoms with van der Waals surface area (Å²) in [4.78, 5) is 30.4. The van der Waals surface area contributed by atoms with E-state index in [2.05, 4.69) is 33.5 Å². The molecule has 1 aliphatic heterocycles. The molecule has 1 aliphatic rings. The molecule has 0 bridgehead atoms. The molecule has 1 unspecified atom stereocenters. The van der Waals surface area contributed by atoms with E-state index in [-0.39, 0.29) is 5.91 Å². The number of benzene rings is 1. The molecule has 1 amide bonds. The molecular formula is C28H30N6OS. The topological polar surface area (TPSA) is 83.0 Å². The molecule has 0 spiro atoms. The van der Waals surface area contributed by atoms with Gasteiger partial charge in [-0.3, -0.25) is 9.78 Å². The number of anilines is 1. The highest BCUT2D eigenvalue weighted by atomic mass is 32.2. The first-order chi connectivity index (χ1) is 17.5. The lowest BCUT2D eigenvalue weighted by molar-refractivity contribution is 0.0950. The maximum absolute atomic E-state index is 12.7. The Bertz CT molecular complexity index is 1410. The molecule has 36 heavy (non-hydrogen) atoms. The van der Waals surface area contributed by atoms with Crippen molar-refractivity contribution in [2.24, 2.45) is 0 Å². The van der Waals surface area contributed by atoms with Crippen LogP contribution in [0.5, 0.6) is 0 Å². The summed E-state index contributed by atoms with van der Waals surface area (Å²) in [6.07, 6.45) is 3.82. The van der Waals surface area contributed by atoms with Crippen LogP contribution in [-0.2, 0) is 6.54 Å². The Morgan fingerprint density at radius 3 is 2.83 bits per heavy atom. The molecule has 4 heterocycles. The standard InChI is InChI=1S/C28H30N6OS/c1-18-7-8-20(13-26(18)36-3)28(35)31-16-22-14-25-21(15-30-22)9-10-24(32-25)23-5-4-6-27(33-23)34-12-11-29-19(2)17-34/h4-10,13-15,19,29H,11-12,16-17H2,1-3H3,(H,31,35). The normalized spacial score (nSPS) is 15.8. The summed E-state index contributed by atoms with van der Waals surface area (Å²) in [7, 11) is 0. The molecule has 3 aromatic heterocycles. The van der Waals surface area contributed by atoms with Crippen LogP contribution in [0.1, 0.15) is 28.5 Å². The SMILES string of the molecule is CSc1cc(C(=O)NCc2cc3nc(-c4cccc(N5CCNC(C)C5)n4)ccc3cn2)ccc1C. The van der Waals surface area contributed by atoms with Crippen molar-refractivity contribution in [3.8, 4) is 11.4 Å². The molecule has 184 valence electrons. The molecule has 8 heteroatoms. The number of hydrogen-bond donors (Lipinski definition) is 2. The van der Waals surface area contributed by atoms with E-state index < -0.39 is 0 Å². The maximum atomic E-state index is 12.7. The van der Waals surface area contributed by atoms with Gasteiger partial charge in [-0.25, -0.2) is 9.97 Å². The summed E-state index contributed by atoms with van der Waals surface area (Å²) in [5.41, 5.74) is 5.06. The van der Waals surface area contributed by atoms with Crippen LogP contribution in [0.25, 0.3) is 22.3 Å². The molecule has 0 saturated carbocycles. The van der Waals surface area contributed by atoms with E-state index in [0.717, 1.165) is 58.3 Å². The number of carbonyl (C=O) groups excluding carboxylic acids is 1. The van der Waals surface area contributed by atoms with Gasteiger partial charge >= 0.3 is 0 Å². The van der Waals surface area contributed by atoms with E-state index in [0.29, 0.717) is 18.2 Å². The zero-order valence-corrected chi connectivity index (χ0v) is 21.6. The second-order valence-electron chi connectivity index (χ2n) is 9.11. The fourth-order valence-electron chi connectivity index (χ4n) is 4.41. The number of amides is 1. The van der Waals surface area contributed by atoms with Crippen LogP contribution in [0, 0.1) is 6.92 Å². The summed E-state index contributed by atoms with van der Waals surface area (Å²) < 4.78 is 0. The van der Waals surface area contributed by atoms with Gasteiger partial charge in [-0.1, -0.05) is 12.1 Å². The predicted molar refractivity (Wildman–Crippen MR) is 147 cm³/mol. The van der Waals surface area contributed by atoms with E-state index in [1.54, 1.807) is 18.0 Å². The highest BCUT2D eigenvalue weighted by Crippen LogP contribution is 2.23. The summed E-state index contributed by atoms with van der Waals surface area (Å²) >= 11 is 1.64. The van der Waals surface area contributed by atoms with Crippen molar-refractivity contribution in [3.63, 3.8) is 0 Å². The third-order valence-electron chi connectivity index (χ3n) is 6.42. The lowest BCUT2D eigenvalue weighted by Gasteiger charge is -2.32. The fourth-order valence-corrected chi connectivity index (χ4v) is 5.05. The Morgan fingerprint density at radius 1 is 1.14 bits per heavy atom. The average Bonchev–Trinajstić information content (AvgIpc) is 2.91. The number of pyridine rings is 3. The van der Waals surface area contributed by atoms with Gasteiger partial charge in [-0.2, -0.15) is 0 Å². The first-order valence-corrected chi connectivity index (χ1v) is 13.4. The van der Waals surface area contributed by atoms with Crippen LogP contribution < -0.4 is 15.5 Å². The molecule has 0 radical (unpaired) electrons. The molecule has 2 N–H and O–H groups in total. The Hall–Kier alpha value is -3.49. The van der Waals surface area contributed by atoms with Crippen molar-refractivity contribution in [2.45, 2.75) is 31.3 Å². The highest BCUT2D eigenvalue weighted by Gasteiger charge is 2.17. The van der Waals surface area contributed by atoms with Crippen molar-refractivity contribution in [1.82, 2.24) is 25.6 Å². The Morgan fingerprint density at radius 2 is 2.00 bits per heavy atom. The van der Waals surface area contributed by atoms with Crippen LogP contribution in [-0.4, -0.2) is 52.8 Å². The number of nitrogens with one attached hydrogen (secondary N) is 2. The smallest absolute Gasteiger partial charge is 0.251 e. The number of rotatable bonds is 6. The molecule has 4 aromatic rings. The van der Waals surface area contributed by atoms with E-state index in [4.69, 9.17) is 9.97 Å². The minimum absolute atomic E-state index is 0.114. The van der Waals surface area contributed by atoms with Gasteiger partial charge in [0.05, 0.1) is 29.1 Å². The zero-order chi connectivity index (χ0) is 25.1. The number of fused-ring (bicyclic) bond motifs is 1. The van der Waals surface area contributed by atoms with Gasteiger partial charge < -0.3 is 15.5 Å². The highest BCUT2D eigenvalue weighted by molar-refractivity contribution is 7.98. The molecule has 7 nitrogen and oxygen atoms in total. The van der Waals surface area contributed by atoms with Crippen LogP contribution >= 0.6 is 11.8 Å². The van der Waals surface area contributed by atoms with Crippen LogP contribution in [0.2, 0.25) is 0 Å². The Balaban J connectivity index is 1.33. The molecule has 1 fully saturated rings. The molecular weight excluding hydrogens is 468 g/mol. The second-order valence-corrected chi connectivity index (χ2v) is 9.96. The van der Waals surface area contributed by atoms with E-state index in [9.17, 15) is 4.79 Å². The van der Waals surface area contributed by atoms with Crippen LogP contribution in [0.15, 0.2) is 65.7 Å². The monoisotopic (exact) mass is 498 g/mol. The third-order valence-corrected chi connectivity index (χ3v) is 7.30. The summed E-state index contributed by atoms with van der Waals surface area (Å²) in [5.74, 6) is 0.860. The lowest BCUT2D eigenvalue weighted by atomic mass is 10.1. The number of aromatic nitrogens is 3. The van der Waals surface area contributed by atoms with Gasteiger partial charge in [-0.05, 0) is 68.1 Å². The zero-order valence-electron chi connectivity index (χ0n) is 20.8. The minimum atomic E-state index is -0.114. The Kier molecular flexibility index (Phi) is 7.16. The van der Waals surface area contributed by atoms with Gasteiger partial charge in [-0.15, -0.1) is 11.8 Å². The number of carbonyl (C=O) groups is 1. The van der Waals surface area contributed by atoms with Crippen molar-refractivity contribution < 1.29 is 4.79 Å². The van der Waals surface area contributed by atoms with Gasteiger partial charge in [0.15, 0.2) is 0 Å². The first-order valence-electron chi connectivity index (χ1n) is 12.1. The number of aryl methyl sites for hydroxylation is 1. The van der Waals surface area contributed by atoms with E-state index in [1.165, 1.54) is 5.56 Å². The van der Waals surface area contributed by atoms with Crippen LogP contribution in [0.3, 0.4) is 0 Å². The predicted octanol–water partition coefficient (Wildman–Crippen LogP) is 4.45. The summed E-state index contributed by atoms with van der Waals surface area (Å²) in [6.45, 7) is 7.40. The van der Waals surface area contributed by atoms with Gasteiger partial charge in [0.2, 0.25) is 0 Å². The summed E-state index contributed by atoms with van der Waals surface area (Å²) in [5, 5.41) is 7.40. The van der Waals surface area contributed by atoms with Crippen molar-refractivity contribution in [3.05, 3.63) is 77.6 Å². The Labute approximate surface area is 215 Å². The van der Waals surface area contributed by atoms with Gasteiger partial charge in [0, 0.05) is 47.7 Å². The number of piperazine rings is 1. The van der Waals surface area contributed by atoms with Gasteiger partial charge in [0.1, 0.15) is 5.82 Å². The van der Waals surface area contributed by atoms with Crippen molar-refractivity contribution >= 4 is 34.4 Å². The van der Waals surface area contributed by atoms with E-state index in [1.807, 2.05) is 61.7 Å². The van der Waals surface area contributed by atoms with Gasteiger partial charge in [0.25, 0.3) is 5.91 Å². The molecule has 1 saturated heterocycles. The maximum Gasteiger partial charge on any atom is 0.251 e. The number of thioether (sulfide) groups is 1. The van der Waals surface area contributed by atoms with Crippen molar-refractivity contribution in [1.29, 1.82) is 0 Å². The van der Waals surface area contributed by atoms with Crippen molar-refractivity contribution in [2.75, 3.05) is 30.8 Å². The van der Waals surface area contributed by atoms with E-state index >= 15 is 0 Å². The second kappa shape index (κ2) is 10.6. The minimum Gasteiger partial charge on any atom is -0.354 e. The summed E-state index contributed by atoms with van der Waals surface area (Å²) in [6, 6.07) is 18.2. The number of nitrogens with zero attached hydrogens (tertiary/aromatic N) is 4. The molecule has 1 atom stereocenters. The van der Waals surface area contributed by atoms with Crippen LogP contribution in [0.4, 0.5) is 5.82 Å². The number of hydrogen-bond acceptors (Lipinski definition) is 7.